The van der Waals surface area contributed by atoms with Gasteiger partial charge in [0.15, 0.2) is 0 Å². The Kier molecular flexibility index (Phi) is 3.54. The third-order valence-corrected chi connectivity index (χ3v) is 3.51. The Bertz CT molecular complexity index is 394. The average Bonchev–Trinajstić information content (AvgIpc) is 2.05. The second-order valence-corrected chi connectivity index (χ2v) is 7.11. The summed E-state index contributed by atoms with van der Waals surface area (Å²) in [5.74, 6) is -0.169. The van der Waals surface area contributed by atoms with Gasteiger partial charge in [-0.3, -0.25) is 0 Å². The van der Waals surface area contributed by atoms with Gasteiger partial charge in [0, 0.05) is 0 Å². The standard InChI is InChI=1S/C14H20BrF/c1-13(2,3)9-7-10(14(4,5)6)12(15)11(16)8-9/h7-8H,1-6H3. The van der Waals surface area contributed by atoms with Gasteiger partial charge in [0.1, 0.15) is 5.82 Å². The van der Waals surface area contributed by atoms with Gasteiger partial charge in [-0.15, -0.1) is 0 Å². The molecule has 2 heteroatoms. The normalized spacial score (nSPS) is 13.0. The molecule has 0 fully saturated rings. The number of rotatable bonds is 0. The van der Waals surface area contributed by atoms with E-state index in [1.807, 2.05) is 0 Å². The Morgan fingerprint density at radius 1 is 0.938 bits per heavy atom. The summed E-state index contributed by atoms with van der Waals surface area (Å²) in [6, 6.07) is 3.73. The Hall–Kier alpha value is -0.370. The molecule has 1 aromatic rings. The second-order valence-electron chi connectivity index (χ2n) is 6.32. The van der Waals surface area contributed by atoms with Crippen LogP contribution in [0.15, 0.2) is 16.6 Å². The first-order valence-electron chi connectivity index (χ1n) is 5.53. The Labute approximate surface area is 106 Å². The van der Waals surface area contributed by atoms with Crippen molar-refractivity contribution < 1.29 is 4.39 Å². The summed E-state index contributed by atoms with van der Waals surface area (Å²) in [6.45, 7) is 12.6. The van der Waals surface area contributed by atoms with E-state index in [0.29, 0.717) is 4.47 Å². The molecule has 0 aliphatic rings. The van der Waals surface area contributed by atoms with Crippen molar-refractivity contribution in [2.45, 2.75) is 52.4 Å². The zero-order chi connectivity index (χ0) is 12.7. The van der Waals surface area contributed by atoms with Gasteiger partial charge in [0.2, 0.25) is 0 Å². The number of hydrogen-bond acceptors (Lipinski definition) is 0. The molecule has 1 aromatic carbocycles. The molecule has 0 atom stereocenters. The third kappa shape index (κ3) is 2.85. The predicted molar refractivity (Wildman–Crippen MR) is 71.5 cm³/mol. The van der Waals surface area contributed by atoms with Crippen molar-refractivity contribution in [3.05, 3.63) is 33.5 Å². The first-order valence-corrected chi connectivity index (χ1v) is 6.33. The maximum absolute atomic E-state index is 13.9. The lowest BCUT2D eigenvalue weighted by atomic mass is 9.80. The van der Waals surface area contributed by atoms with Crippen molar-refractivity contribution in [3.63, 3.8) is 0 Å². The molecular formula is C14H20BrF. The Balaban J connectivity index is 3.46. The van der Waals surface area contributed by atoms with Gasteiger partial charge in [-0.2, -0.15) is 0 Å². The van der Waals surface area contributed by atoms with Crippen molar-refractivity contribution in [3.8, 4) is 0 Å². The molecule has 0 aliphatic heterocycles. The molecule has 0 nitrogen and oxygen atoms in total. The van der Waals surface area contributed by atoms with Gasteiger partial charge in [-0.25, -0.2) is 4.39 Å². The molecule has 0 heterocycles. The minimum atomic E-state index is -0.169. The van der Waals surface area contributed by atoms with Gasteiger partial charge in [-0.05, 0) is 44.0 Å². The zero-order valence-corrected chi connectivity index (χ0v) is 12.5. The molecule has 0 unspecified atom stereocenters. The molecule has 0 saturated heterocycles. The lowest BCUT2D eigenvalue weighted by molar-refractivity contribution is 0.541. The lowest BCUT2D eigenvalue weighted by Gasteiger charge is -2.26. The molecule has 0 bridgehead atoms. The minimum Gasteiger partial charge on any atom is -0.206 e. The summed E-state index contributed by atoms with van der Waals surface area (Å²) in [5.41, 5.74) is 1.98. The largest absolute Gasteiger partial charge is 0.206 e. The van der Waals surface area contributed by atoms with E-state index in [1.165, 1.54) is 0 Å². The third-order valence-electron chi connectivity index (χ3n) is 2.70. The van der Waals surface area contributed by atoms with E-state index in [9.17, 15) is 4.39 Å². The van der Waals surface area contributed by atoms with Crippen LogP contribution in [0.1, 0.15) is 52.7 Å². The van der Waals surface area contributed by atoms with E-state index in [4.69, 9.17) is 0 Å². The van der Waals surface area contributed by atoms with Gasteiger partial charge >= 0.3 is 0 Å². The van der Waals surface area contributed by atoms with Crippen molar-refractivity contribution in [2.24, 2.45) is 0 Å². The van der Waals surface area contributed by atoms with Crippen molar-refractivity contribution >= 4 is 15.9 Å². The van der Waals surface area contributed by atoms with Crippen LogP contribution in [0.3, 0.4) is 0 Å². The maximum Gasteiger partial charge on any atom is 0.137 e. The molecule has 0 aliphatic carbocycles. The van der Waals surface area contributed by atoms with Crippen LogP contribution in [-0.4, -0.2) is 0 Å². The van der Waals surface area contributed by atoms with Crippen LogP contribution in [0.2, 0.25) is 0 Å². The summed E-state index contributed by atoms with van der Waals surface area (Å²) in [7, 11) is 0. The summed E-state index contributed by atoms with van der Waals surface area (Å²) in [4.78, 5) is 0. The van der Waals surface area contributed by atoms with Crippen LogP contribution in [0, 0.1) is 5.82 Å². The first kappa shape index (κ1) is 13.7. The van der Waals surface area contributed by atoms with Crippen LogP contribution in [-0.2, 0) is 10.8 Å². The van der Waals surface area contributed by atoms with Crippen LogP contribution in [0.5, 0.6) is 0 Å². The van der Waals surface area contributed by atoms with Crippen molar-refractivity contribution in [2.75, 3.05) is 0 Å². The van der Waals surface area contributed by atoms with Crippen molar-refractivity contribution in [1.82, 2.24) is 0 Å². The fourth-order valence-electron chi connectivity index (χ4n) is 1.57. The van der Waals surface area contributed by atoms with E-state index < -0.39 is 0 Å². The van der Waals surface area contributed by atoms with Gasteiger partial charge in [-0.1, -0.05) is 47.6 Å². The highest BCUT2D eigenvalue weighted by atomic mass is 79.9. The highest BCUT2D eigenvalue weighted by molar-refractivity contribution is 9.10. The molecule has 0 radical (unpaired) electrons. The van der Waals surface area contributed by atoms with Crippen LogP contribution in [0.4, 0.5) is 4.39 Å². The summed E-state index contributed by atoms with van der Waals surface area (Å²) in [6.07, 6.45) is 0. The lowest BCUT2D eigenvalue weighted by Crippen LogP contribution is -2.17. The van der Waals surface area contributed by atoms with E-state index in [-0.39, 0.29) is 16.6 Å². The monoisotopic (exact) mass is 286 g/mol. The highest BCUT2D eigenvalue weighted by Crippen LogP contribution is 2.35. The second kappa shape index (κ2) is 4.14. The molecule has 1 rings (SSSR count). The minimum absolute atomic E-state index is 0.0262. The molecule has 0 N–H and O–H groups in total. The van der Waals surface area contributed by atoms with Gasteiger partial charge < -0.3 is 0 Å². The molecular weight excluding hydrogens is 267 g/mol. The molecule has 0 spiro atoms. The predicted octanol–water partition coefficient (Wildman–Crippen LogP) is 5.18. The summed E-state index contributed by atoms with van der Waals surface area (Å²) >= 11 is 3.34. The van der Waals surface area contributed by atoms with E-state index in [0.717, 1.165) is 11.1 Å². The SMILES string of the molecule is CC(C)(C)c1cc(F)c(Br)c(C(C)(C)C)c1. The zero-order valence-electron chi connectivity index (χ0n) is 10.9. The van der Waals surface area contributed by atoms with E-state index in [1.54, 1.807) is 6.07 Å². The molecule has 0 saturated carbocycles. The summed E-state index contributed by atoms with van der Waals surface area (Å²) < 4.78 is 14.4. The van der Waals surface area contributed by atoms with Gasteiger partial charge in [0.05, 0.1) is 4.47 Å². The number of hydrogen-bond donors (Lipinski definition) is 0. The first-order chi connectivity index (χ1) is 7.03. The molecule has 0 amide bonds. The van der Waals surface area contributed by atoms with E-state index in [2.05, 4.69) is 63.5 Å². The fraction of sp³-hybridized carbons (Fsp3) is 0.571. The summed E-state index contributed by atoms with van der Waals surface area (Å²) in [5, 5.41) is 0. The Morgan fingerprint density at radius 3 is 1.81 bits per heavy atom. The van der Waals surface area contributed by atoms with Crippen molar-refractivity contribution in [1.29, 1.82) is 0 Å². The van der Waals surface area contributed by atoms with Crippen LogP contribution in [0.25, 0.3) is 0 Å². The smallest absolute Gasteiger partial charge is 0.137 e. The van der Waals surface area contributed by atoms with Crippen LogP contribution >= 0.6 is 15.9 Å². The van der Waals surface area contributed by atoms with E-state index >= 15 is 0 Å². The topological polar surface area (TPSA) is 0 Å². The highest BCUT2D eigenvalue weighted by Gasteiger charge is 2.23. The average molecular weight is 287 g/mol. The van der Waals surface area contributed by atoms with Crippen LogP contribution < -0.4 is 0 Å². The maximum atomic E-state index is 13.9. The fourth-order valence-corrected chi connectivity index (χ4v) is 2.39. The molecule has 16 heavy (non-hydrogen) atoms. The molecule has 0 aromatic heterocycles. The molecule has 90 valence electrons. The quantitative estimate of drug-likeness (QED) is 0.616. The number of benzene rings is 1. The number of halogens is 2. The van der Waals surface area contributed by atoms with Gasteiger partial charge in [0.25, 0.3) is 0 Å². The Morgan fingerprint density at radius 2 is 1.44 bits per heavy atom.